The van der Waals surface area contributed by atoms with E-state index in [-0.39, 0.29) is 0 Å². The quantitative estimate of drug-likeness (QED) is 0.312. The lowest BCUT2D eigenvalue weighted by Crippen LogP contribution is -2.38. The molecule has 0 bridgehead atoms. The smallest absolute Gasteiger partial charge is 0.416 e. The Morgan fingerprint density at radius 1 is 1.06 bits per heavy atom. The maximum absolute atomic E-state index is 12.9. The van der Waals surface area contributed by atoms with Gasteiger partial charge in [-0.2, -0.15) is 18.3 Å². The van der Waals surface area contributed by atoms with Crippen molar-refractivity contribution in [2.45, 2.75) is 39.0 Å². The highest BCUT2D eigenvalue weighted by Crippen LogP contribution is 2.30. The number of carbonyl (C=O) groups is 1. The summed E-state index contributed by atoms with van der Waals surface area (Å²) in [4.78, 5) is 11.3. The Morgan fingerprint density at radius 2 is 1.78 bits per heavy atom. The van der Waals surface area contributed by atoms with Crippen LogP contribution in [0, 0.1) is 6.92 Å². The van der Waals surface area contributed by atoms with Crippen molar-refractivity contribution in [3.05, 3.63) is 83.6 Å². The number of carboxylic acids is 1. The fraction of sp³-hybridized carbons (Fsp3) is 0.259. The molecule has 0 saturated heterocycles. The lowest BCUT2D eigenvalue weighted by molar-refractivity contribution is -0.152. The van der Waals surface area contributed by atoms with Crippen molar-refractivity contribution in [2.24, 2.45) is 0 Å². The molecule has 36 heavy (non-hydrogen) atoms. The zero-order valence-electron chi connectivity index (χ0n) is 20.0. The normalized spacial score (nSPS) is 12.1. The molecule has 0 atom stereocenters. The molecular weight excluding hydrogens is 473 g/mol. The van der Waals surface area contributed by atoms with Crippen LogP contribution in [0.15, 0.2) is 66.9 Å². The van der Waals surface area contributed by atoms with E-state index in [1.54, 1.807) is 29.1 Å². The number of fused-ring (bicyclic) bond motifs is 1. The molecule has 0 aliphatic rings. The number of nitrogens with zero attached hydrogens (tertiary/aromatic N) is 2. The van der Waals surface area contributed by atoms with Gasteiger partial charge in [-0.05, 0) is 74.4 Å². The van der Waals surface area contributed by atoms with Crippen LogP contribution < -0.4 is 9.47 Å². The second-order valence-corrected chi connectivity index (χ2v) is 8.92. The van der Waals surface area contributed by atoms with Crippen molar-refractivity contribution in [1.82, 2.24) is 9.78 Å². The van der Waals surface area contributed by atoms with Gasteiger partial charge in [0.15, 0.2) is 5.60 Å². The minimum atomic E-state index is -4.39. The molecule has 1 N–H and O–H groups in total. The number of benzene rings is 3. The second kappa shape index (κ2) is 9.56. The van der Waals surface area contributed by atoms with Crippen molar-refractivity contribution in [3.63, 3.8) is 0 Å². The number of carboxylic acid groups (broad SMARTS) is 1. The van der Waals surface area contributed by atoms with Gasteiger partial charge in [0.2, 0.25) is 0 Å². The molecule has 6 nitrogen and oxygen atoms in total. The Labute approximate surface area is 205 Å². The topological polar surface area (TPSA) is 73.6 Å². The number of aryl methyl sites for hydroxylation is 1. The van der Waals surface area contributed by atoms with E-state index >= 15 is 0 Å². The first-order valence-corrected chi connectivity index (χ1v) is 11.2. The van der Waals surface area contributed by atoms with Gasteiger partial charge >= 0.3 is 12.1 Å². The number of hydrogen-bond acceptors (Lipinski definition) is 4. The number of ether oxygens (including phenoxy) is 2. The zero-order chi connectivity index (χ0) is 26.1. The Kier molecular flexibility index (Phi) is 6.67. The molecule has 4 rings (SSSR count). The summed E-state index contributed by atoms with van der Waals surface area (Å²) in [5.74, 6) is 0.0286. The monoisotopic (exact) mass is 498 g/mol. The lowest BCUT2D eigenvalue weighted by atomic mass is 10.1. The molecule has 188 valence electrons. The molecule has 0 fully saturated rings. The molecule has 0 aliphatic heterocycles. The van der Waals surface area contributed by atoms with Gasteiger partial charge in [0, 0.05) is 18.0 Å². The number of hydrogen-bond donors (Lipinski definition) is 1. The van der Waals surface area contributed by atoms with Crippen LogP contribution in [0.1, 0.15) is 30.5 Å². The van der Waals surface area contributed by atoms with Gasteiger partial charge in [0.1, 0.15) is 11.5 Å². The molecular formula is C27H25F3N2O4. The van der Waals surface area contributed by atoms with Crippen LogP contribution >= 0.6 is 0 Å². The van der Waals surface area contributed by atoms with E-state index in [0.29, 0.717) is 30.2 Å². The maximum atomic E-state index is 12.9. The number of aromatic nitrogens is 2. The summed E-state index contributed by atoms with van der Waals surface area (Å²) >= 11 is 0. The summed E-state index contributed by atoms with van der Waals surface area (Å²) in [7, 11) is 0. The average Bonchev–Trinajstić information content (AvgIpc) is 3.25. The van der Waals surface area contributed by atoms with Crippen molar-refractivity contribution in [2.75, 3.05) is 6.61 Å². The van der Waals surface area contributed by atoms with Crippen LogP contribution in [0.2, 0.25) is 0 Å². The summed E-state index contributed by atoms with van der Waals surface area (Å²) in [6.07, 6.45) is -2.05. The van der Waals surface area contributed by atoms with Gasteiger partial charge < -0.3 is 14.6 Å². The van der Waals surface area contributed by atoms with E-state index in [0.717, 1.165) is 34.2 Å². The van der Waals surface area contributed by atoms with Gasteiger partial charge in [0.25, 0.3) is 0 Å². The molecule has 0 amide bonds. The number of halogens is 3. The molecule has 0 spiro atoms. The predicted molar refractivity (Wildman–Crippen MR) is 129 cm³/mol. The minimum absolute atomic E-state index is 0.368. The van der Waals surface area contributed by atoms with Gasteiger partial charge in [-0.25, -0.2) is 9.48 Å². The molecule has 0 unspecified atom stereocenters. The van der Waals surface area contributed by atoms with Crippen LogP contribution in [0.25, 0.3) is 16.6 Å². The molecule has 0 saturated carbocycles. The van der Waals surface area contributed by atoms with E-state index < -0.39 is 23.3 Å². The SMILES string of the molecule is Cc1cc(OCCc2cccc3cn(-c4ccc(C(F)(F)F)cc4)nc23)ccc1OC(C)(C)C(=O)O. The van der Waals surface area contributed by atoms with Crippen LogP contribution in [0.3, 0.4) is 0 Å². The van der Waals surface area contributed by atoms with Crippen molar-refractivity contribution in [3.8, 4) is 17.2 Å². The highest BCUT2D eigenvalue weighted by atomic mass is 19.4. The van der Waals surface area contributed by atoms with E-state index in [4.69, 9.17) is 9.47 Å². The van der Waals surface area contributed by atoms with E-state index in [1.165, 1.54) is 26.0 Å². The largest absolute Gasteiger partial charge is 0.493 e. The third-order valence-corrected chi connectivity index (χ3v) is 5.75. The van der Waals surface area contributed by atoms with Crippen LogP contribution in [0.5, 0.6) is 11.5 Å². The molecule has 1 heterocycles. The van der Waals surface area contributed by atoms with Crippen molar-refractivity contribution >= 4 is 16.9 Å². The van der Waals surface area contributed by atoms with E-state index in [9.17, 15) is 23.1 Å². The Bertz CT molecular complexity index is 1390. The first-order valence-electron chi connectivity index (χ1n) is 11.2. The lowest BCUT2D eigenvalue weighted by Gasteiger charge is -2.23. The van der Waals surface area contributed by atoms with Gasteiger partial charge in [-0.3, -0.25) is 0 Å². The van der Waals surface area contributed by atoms with Gasteiger partial charge in [-0.1, -0.05) is 18.2 Å². The van der Waals surface area contributed by atoms with Crippen LogP contribution in [-0.4, -0.2) is 33.1 Å². The highest BCUT2D eigenvalue weighted by molar-refractivity contribution is 5.82. The standard InChI is InChI=1S/C27H25F3N2O4/c1-17-15-22(11-12-23(17)36-26(2,3)25(33)34)35-14-13-18-5-4-6-19-16-32(31-24(18)19)21-9-7-20(8-10-21)27(28,29)30/h4-12,15-16H,13-14H2,1-3H3,(H,33,34). The third-order valence-electron chi connectivity index (χ3n) is 5.75. The third kappa shape index (κ3) is 5.45. The molecule has 1 aromatic heterocycles. The Balaban J connectivity index is 1.45. The van der Waals surface area contributed by atoms with Crippen LogP contribution in [-0.2, 0) is 17.4 Å². The van der Waals surface area contributed by atoms with Crippen LogP contribution in [0.4, 0.5) is 13.2 Å². The first-order chi connectivity index (χ1) is 16.9. The average molecular weight is 499 g/mol. The maximum Gasteiger partial charge on any atom is 0.416 e. The zero-order valence-corrected chi connectivity index (χ0v) is 20.0. The van der Waals surface area contributed by atoms with E-state index in [1.807, 2.05) is 25.1 Å². The van der Waals surface area contributed by atoms with E-state index in [2.05, 4.69) is 5.10 Å². The number of aliphatic carboxylic acids is 1. The predicted octanol–water partition coefficient (Wildman–Crippen LogP) is 6.22. The Hall–Kier alpha value is -4.01. The summed E-state index contributed by atoms with van der Waals surface area (Å²) in [6, 6.07) is 15.8. The fourth-order valence-electron chi connectivity index (χ4n) is 3.67. The first kappa shape index (κ1) is 25.1. The van der Waals surface area contributed by atoms with Gasteiger partial charge in [-0.15, -0.1) is 0 Å². The molecule has 0 aliphatic carbocycles. The Morgan fingerprint density at radius 3 is 2.42 bits per heavy atom. The van der Waals surface area contributed by atoms with Crippen molar-refractivity contribution in [1.29, 1.82) is 0 Å². The highest BCUT2D eigenvalue weighted by Gasteiger charge is 2.30. The fourth-order valence-corrected chi connectivity index (χ4v) is 3.67. The second-order valence-electron chi connectivity index (χ2n) is 8.92. The summed E-state index contributed by atoms with van der Waals surface area (Å²) in [5, 5.41) is 14.7. The minimum Gasteiger partial charge on any atom is -0.493 e. The number of rotatable bonds is 8. The molecule has 9 heteroatoms. The van der Waals surface area contributed by atoms with Gasteiger partial charge in [0.05, 0.1) is 23.4 Å². The molecule has 4 aromatic rings. The summed E-state index contributed by atoms with van der Waals surface area (Å²) < 4.78 is 51.6. The molecule has 0 radical (unpaired) electrons. The molecule has 3 aromatic carbocycles. The summed E-state index contributed by atoms with van der Waals surface area (Å²) in [5.41, 5.74) is 0.913. The number of alkyl halides is 3. The van der Waals surface area contributed by atoms with Crippen molar-refractivity contribution < 1.29 is 32.5 Å². The summed E-state index contributed by atoms with van der Waals surface area (Å²) in [6.45, 7) is 5.15.